The minimum absolute atomic E-state index is 0.0739. The van der Waals surface area contributed by atoms with Gasteiger partial charge in [-0.15, -0.1) is 0 Å². The monoisotopic (exact) mass is 321 g/mol. The number of benzene rings is 2. The first-order valence-electron chi connectivity index (χ1n) is 6.40. The summed E-state index contributed by atoms with van der Waals surface area (Å²) in [6.07, 6.45) is -1.18. The Morgan fingerprint density at radius 1 is 1.14 bits per heavy atom. The fraction of sp³-hybridized carbons (Fsp3) is 0.0714. The van der Waals surface area contributed by atoms with E-state index in [1.807, 2.05) is 0 Å². The fourth-order valence-corrected chi connectivity index (χ4v) is 3.40. The number of anilines is 2. The van der Waals surface area contributed by atoms with Crippen molar-refractivity contribution in [1.29, 1.82) is 0 Å². The molecule has 2 aromatic carbocycles. The lowest BCUT2D eigenvalue weighted by atomic mass is 10.3. The van der Waals surface area contributed by atoms with Crippen LogP contribution in [0.3, 0.4) is 0 Å². The molecule has 2 aromatic rings. The van der Waals surface area contributed by atoms with Crippen LogP contribution in [-0.4, -0.2) is 20.5 Å². The van der Waals surface area contributed by atoms with E-state index in [1.165, 1.54) is 24.3 Å². The van der Waals surface area contributed by atoms with Crippen molar-refractivity contribution in [3.8, 4) is 0 Å². The summed E-state index contributed by atoms with van der Waals surface area (Å²) in [6, 6.07) is 11.6. The first kappa shape index (κ1) is 14.5. The summed E-state index contributed by atoms with van der Waals surface area (Å²) >= 11 is 0. The molecule has 0 bridgehead atoms. The highest BCUT2D eigenvalue weighted by atomic mass is 32.2. The van der Waals surface area contributed by atoms with Crippen molar-refractivity contribution >= 4 is 27.3 Å². The molecule has 0 spiro atoms. The molecule has 1 aliphatic rings. The van der Waals surface area contributed by atoms with Gasteiger partial charge in [0.2, 0.25) is 10.0 Å². The molecule has 0 unspecified atom stereocenters. The Balaban J connectivity index is 1.84. The molecular weight excluding hydrogens is 309 g/mol. The summed E-state index contributed by atoms with van der Waals surface area (Å²) in [5.41, 5.74) is 0.575. The minimum Gasteiger partial charge on any atom is -0.360 e. The second kappa shape index (κ2) is 5.39. The van der Waals surface area contributed by atoms with Crippen LogP contribution in [0.4, 0.5) is 15.8 Å². The molecule has 0 saturated carbocycles. The van der Waals surface area contributed by atoms with E-state index >= 15 is 0 Å². The lowest BCUT2D eigenvalue weighted by molar-refractivity contribution is -0.117. The van der Waals surface area contributed by atoms with E-state index in [9.17, 15) is 17.6 Å². The Morgan fingerprint density at radius 2 is 1.91 bits per heavy atom. The van der Waals surface area contributed by atoms with Gasteiger partial charge in [0.15, 0.2) is 6.17 Å². The molecule has 8 heteroatoms. The quantitative estimate of drug-likeness (QED) is 0.782. The second-order valence-corrected chi connectivity index (χ2v) is 6.38. The first-order valence-corrected chi connectivity index (χ1v) is 7.88. The summed E-state index contributed by atoms with van der Waals surface area (Å²) in [5, 5.41) is 5.24. The highest BCUT2D eigenvalue weighted by molar-refractivity contribution is 7.89. The number of hydrogen-bond donors (Lipinski definition) is 3. The van der Waals surface area contributed by atoms with Crippen molar-refractivity contribution in [2.75, 3.05) is 10.6 Å². The molecule has 0 saturated heterocycles. The summed E-state index contributed by atoms with van der Waals surface area (Å²) in [6.45, 7) is 0. The second-order valence-electron chi connectivity index (χ2n) is 4.69. The van der Waals surface area contributed by atoms with Crippen LogP contribution in [-0.2, 0) is 14.8 Å². The molecule has 0 aromatic heterocycles. The lowest BCUT2D eigenvalue weighted by Crippen LogP contribution is -2.51. The van der Waals surface area contributed by atoms with Crippen molar-refractivity contribution in [1.82, 2.24) is 4.72 Å². The topological polar surface area (TPSA) is 87.3 Å². The molecule has 3 N–H and O–H groups in total. The van der Waals surface area contributed by atoms with E-state index in [0.29, 0.717) is 5.69 Å². The largest absolute Gasteiger partial charge is 0.360 e. The standard InChI is InChI=1S/C14H12FN3O3S/c15-9-4-3-5-10(8-9)16-14(19)13-17-11-6-1-2-7-12(11)22(20,21)18-13/h1-8,13,17-18H,(H,16,19)/t13-/m1/s1. The molecule has 0 radical (unpaired) electrons. The van der Waals surface area contributed by atoms with Crippen LogP contribution in [0.25, 0.3) is 0 Å². The Kier molecular flexibility index (Phi) is 3.55. The molecule has 1 aliphatic heterocycles. The van der Waals surface area contributed by atoms with Crippen LogP contribution in [0.1, 0.15) is 0 Å². The van der Waals surface area contributed by atoms with Crippen molar-refractivity contribution in [3.05, 3.63) is 54.3 Å². The van der Waals surface area contributed by atoms with E-state index in [2.05, 4.69) is 15.4 Å². The molecule has 114 valence electrons. The van der Waals surface area contributed by atoms with Gasteiger partial charge in [-0.2, -0.15) is 4.72 Å². The van der Waals surface area contributed by atoms with E-state index in [-0.39, 0.29) is 10.6 Å². The third kappa shape index (κ3) is 2.78. The van der Waals surface area contributed by atoms with Crippen LogP contribution < -0.4 is 15.4 Å². The Morgan fingerprint density at radius 3 is 2.68 bits per heavy atom. The van der Waals surface area contributed by atoms with Crippen LogP contribution in [0.15, 0.2) is 53.4 Å². The molecular formula is C14H12FN3O3S. The van der Waals surface area contributed by atoms with Crippen molar-refractivity contribution in [2.24, 2.45) is 0 Å². The average Bonchev–Trinajstić information content (AvgIpc) is 2.46. The number of carbonyl (C=O) groups excluding carboxylic acids is 1. The highest BCUT2D eigenvalue weighted by Gasteiger charge is 2.32. The number of halogens is 1. The molecule has 22 heavy (non-hydrogen) atoms. The molecule has 0 aliphatic carbocycles. The van der Waals surface area contributed by atoms with Gasteiger partial charge in [0.1, 0.15) is 10.7 Å². The zero-order chi connectivity index (χ0) is 15.7. The molecule has 6 nitrogen and oxygen atoms in total. The third-order valence-corrected chi connectivity index (χ3v) is 4.58. The first-order chi connectivity index (χ1) is 10.5. The molecule has 1 amide bonds. The summed E-state index contributed by atoms with van der Waals surface area (Å²) in [7, 11) is -3.78. The van der Waals surface area contributed by atoms with Gasteiger partial charge in [-0.05, 0) is 30.3 Å². The third-order valence-electron chi connectivity index (χ3n) is 3.10. The molecule has 1 heterocycles. The molecule has 0 fully saturated rings. The van der Waals surface area contributed by atoms with Crippen molar-refractivity contribution < 1.29 is 17.6 Å². The van der Waals surface area contributed by atoms with Crippen LogP contribution in [0.5, 0.6) is 0 Å². The summed E-state index contributed by atoms with van der Waals surface area (Å²) < 4.78 is 39.5. The average molecular weight is 321 g/mol. The number of sulfonamides is 1. The summed E-state index contributed by atoms with van der Waals surface area (Å²) in [5.74, 6) is -1.14. The van der Waals surface area contributed by atoms with Gasteiger partial charge >= 0.3 is 0 Å². The normalized spacial score (nSPS) is 18.9. The highest BCUT2D eigenvalue weighted by Crippen LogP contribution is 2.25. The predicted molar refractivity (Wildman–Crippen MR) is 79.2 cm³/mol. The smallest absolute Gasteiger partial charge is 0.262 e. The van der Waals surface area contributed by atoms with Gasteiger partial charge in [0.25, 0.3) is 5.91 Å². The number of nitrogens with one attached hydrogen (secondary N) is 3. The van der Waals surface area contributed by atoms with E-state index in [4.69, 9.17) is 0 Å². The van der Waals surface area contributed by atoms with Crippen LogP contribution in [0, 0.1) is 5.82 Å². The Labute approximate surface area is 126 Å². The van der Waals surface area contributed by atoms with Gasteiger partial charge in [-0.25, -0.2) is 12.8 Å². The maximum Gasteiger partial charge on any atom is 0.262 e. The van der Waals surface area contributed by atoms with Crippen LogP contribution >= 0.6 is 0 Å². The minimum atomic E-state index is -3.78. The number of hydrogen-bond acceptors (Lipinski definition) is 4. The summed E-state index contributed by atoms with van der Waals surface area (Å²) in [4.78, 5) is 12.2. The number of carbonyl (C=O) groups is 1. The zero-order valence-corrected chi connectivity index (χ0v) is 12.0. The SMILES string of the molecule is O=C(Nc1cccc(F)c1)[C@@H]1Nc2ccccc2S(=O)(=O)N1. The van der Waals surface area contributed by atoms with Crippen LogP contribution in [0.2, 0.25) is 0 Å². The number of para-hydroxylation sites is 1. The molecule has 1 atom stereocenters. The van der Waals surface area contributed by atoms with E-state index < -0.39 is 27.9 Å². The van der Waals surface area contributed by atoms with Crippen molar-refractivity contribution in [2.45, 2.75) is 11.1 Å². The van der Waals surface area contributed by atoms with Crippen molar-refractivity contribution in [3.63, 3.8) is 0 Å². The number of amides is 1. The Hall–Kier alpha value is -2.45. The number of fused-ring (bicyclic) bond motifs is 1. The van der Waals surface area contributed by atoms with Gasteiger partial charge in [0.05, 0.1) is 5.69 Å². The number of rotatable bonds is 2. The molecule has 3 rings (SSSR count). The van der Waals surface area contributed by atoms with Gasteiger partial charge in [-0.3, -0.25) is 4.79 Å². The maximum absolute atomic E-state index is 13.1. The van der Waals surface area contributed by atoms with Gasteiger partial charge < -0.3 is 10.6 Å². The maximum atomic E-state index is 13.1. The van der Waals surface area contributed by atoms with E-state index in [0.717, 1.165) is 6.07 Å². The fourth-order valence-electron chi connectivity index (χ4n) is 2.12. The van der Waals surface area contributed by atoms with Gasteiger partial charge in [-0.1, -0.05) is 18.2 Å². The zero-order valence-electron chi connectivity index (χ0n) is 11.2. The van der Waals surface area contributed by atoms with Gasteiger partial charge in [0, 0.05) is 5.69 Å². The Bertz CT molecular complexity index is 839. The lowest BCUT2D eigenvalue weighted by Gasteiger charge is -2.27. The van der Waals surface area contributed by atoms with E-state index in [1.54, 1.807) is 18.2 Å². The predicted octanol–water partition coefficient (Wildman–Crippen LogP) is 1.49.